The summed E-state index contributed by atoms with van der Waals surface area (Å²) in [6.45, 7) is 0. The van der Waals surface area contributed by atoms with Gasteiger partial charge in [0.1, 0.15) is 5.82 Å². The van der Waals surface area contributed by atoms with Crippen molar-refractivity contribution in [1.82, 2.24) is 9.55 Å². The van der Waals surface area contributed by atoms with Crippen LogP contribution < -0.4 is 10.7 Å². The van der Waals surface area contributed by atoms with Crippen LogP contribution in [0.1, 0.15) is 0 Å². The van der Waals surface area contributed by atoms with E-state index >= 15 is 0 Å². The summed E-state index contributed by atoms with van der Waals surface area (Å²) in [5.41, 5.74) is 1.05. The largest absolute Gasteiger partial charge is 0.268 e. The Morgan fingerprint density at radius 1 is 0.931 bits per heavy atom. The number of halogens is 2. The van der Waals surface area contributed by atoms with Crippen LogP contribution >= 0.6 is 23.2 Å². The van der Waals surface area contributed by atoms with Gasteiger partial charge in [-0.2, -0.15) is 0 Å². The monoisotopic (exact) mass is 445 g/mol. The van der Waals surface area contributed by atoms with Gasteiger partial charge in [0, 0.05) is 10.6 Å². The fraction of sp³-hybridized carbons (Fsp3) is 0. The van der Waals surface area contributed by atoms with Gasteiger partial charge in [0.2, 0.25) is 10.0 Å². The molecular weight excluding hydrogens is 433 g/mol. The lowest BCUT2D eigenvalue weighted by Crippen LogP contribution is -2.22. The molecule has 2 N–H and O–H groups in total. The molecule has 0 fully saturated rings. The molecule has 0 saturated carbocycles. The molecule has 0 bridgehead atoms. The van der Waals surface area contributed by atoms with Gasteiger partial charge in [-0.05, 0) is 36.4 Å². The van der Waals surface area contributed by atoms with Gasteiger partial charge in [-0.25, -0.2) is 18.5 Å². The van der Waals surface area contributed by atoms with Crippen LogP contribution in [0.15, 0.2) is 76.4 Å². The highest BCUT2D eigenvalue weighted by atomic mass is 35.5. The summed E-state index contributed by atoms with van der Waals surface area (Å²) in [6, 6.07) is 17.8. The molecular formula is C20H13Cl2N3O3S. The van der Waals surface area contributed by atoms with Gasteiger partial charge in [0.05, 0.1) is 26.5 Å². The molecule has 1 aromatic heterocycles. The molecule has 0 aliphatic carbocycles. The van der Waals surface area contributed by atoms with Crippen molar-refractivity contribution in [2.24, 2.45) is 5.14 Å². The minimum atomic E-state index is -3.86. The van der Waals surface area contributed by atoms with Crippen molar-refractivity contribution in [1.29, 1.82) is 0 Å². The van der Waals surface area contributed by atoms with Crippen LogP contribution in [0.4, 0.5) is 0 Å². The maximum absolute atomic E-state index is 13.4. The van der Waals surface area contributed by atoms with Gasteiger partial charge in [-0.3, -0.25) is 9.36 Å². The topological polar surface area (TPSA) is 95.1 Å². The number of hydrogen-bond acceptors (Lipinski definition) is 4. The number of sulfonamides is 1. The molecule has 29 heavy (non-hydrogen) atoms. The van der Waals surface area contributed by atoms with Crippen molar-refractivity contribution in [3.8, 4) is 17.1 Å². The molecule has 0 amide bonds. The first-order chi connectivity index (χ1) is 13.8. The Labute approximate surface area is 176 Å². The molecule has 0 atom stereocenters. The summed E-state index contributed by atoms with van der Waals surface area (Å²) in [7, 11) is -3.86. The standard InChI is InChI=1S/C20H13Cl2N3O3S/c21-13-10-16-18(17(22)11-13)24-19(12-4-2-1-3-5-12)25(20(16)26)14-6-8-15(9-7-14)29(23,27)28/h1-11H,(H2,23,27,28). The van der Waals surface area contributed by atoms with Gasteiger partial charge in [0.25, 0.3) is 5.56 Å². The molecule has 0 unspecified atom stereocenters. The van der Waals surface area contributed by atoms with E-state index in [2.05, 4.69) is 4.98 Å². The minimum absolute atomic E-state index is 0.0598. The lowest BCUT2D eigenvalue weighted by atomic mass is 10.1. The zero-order chi connectivity index (χ0) is 20.8. The van der Waals surface area contributed by atoms with Gasteiger partial charge in [0.15, 0.2) is 0 Å². The molecule has 146 valence electrons. The van der Waals surface area contributed by atoms with Crippen molar-refractivity contribution in [3.05, 3.63) is 87.1 Å². The molecule has 1 heterocycles. The van der Waals surface area contributed by atoms with E-state index in [0.29, 0.717) is 27.6 Å². The molecule has 0 spiro atoms. The van der Waals surface area contributed by atoms with E-state index in [0.717, 1.165) is 0 Å². The van der Waals surface area contributed by atoms with Crippen LogP contribution in [0, 0.1) is 0 Å². The maximum Gasteiger partial charge on any atom is 0.266 e. The van der Waals surface area contributed by atoms with Crippen molar-refractivity contribution < 1.29 is 8.42 Å². The molecule has 0 aliphatic rings. The normalized spacial score (nSPS) is 11.7. The third-order valence-electron chi connectivity index (χ3n) is 4.35. The fourth-order valence-electron chi connectivity index (χ4n) is 3.02. The maximum atomic E-state index is 13.4. The summed E-state index contributed by atoms with van der Waals surface area (Å²) >= 11 is 12.4. The van der Waals surface area contributed by atoms with E-state index in [1.165, 1.54) is 41.0 Å². The Morgan fingerprint density at radius 2 is 1.59 bits per heavy atom. The Bertz CT molecular complexity index is 1400. The molecule has 6 nitrogen and oxygen atoms in total. The third kappa shape index (κ3) is 3.65. The second-order valence-corrected chi connectivity index (χ2v) is 8.67. The molecule has 0 radical (unpaired) electrons. The number of nitrogens with zero attached hydrogens (tertiary/aromatic N) is 2. The van der Waals surface area contributed by atoms with Crippen LogP contribution in [0.25, 0.3) is 28.0 Å². The Morgan fingerprint density at radius 3 is 2.21 bits per heavy atom. The number of nitrogens with two attached hydrogens (primary N) is 1. The first-order valence-electron chi connectivity index (χ1n) is 8.36. The Hall–Kier alpha value is -2.71. The Balaban J connectivity index is 2.09. The van der Waals surface area contributed by atoms with Gasteiger partial charge in [-0.15, -0.1) is 0 Å². The summed E-state index contributed by atoms with van der Waals surface area (Å²) in [5, 5.41) is 5.99. The minimum Gasteiger partial charge on any atom is -0.268 e. The number of hydrogen-bond donors (Lipinski definition) is 1. The molecule has 3 aromatic carbocycles. The number of primary sulfonamides is 1. The van der Waals surface area contributed by atoms with E-state index in [9.17, 15) is 13.2 Å². The van der Waals surface area contributed by atoms with Crippen LogP contribution in [0.2, 0.25) is 10.0 Å². The van der Waals surface area contributed by atoms with Crippen molar-refractivity contribution in [2.45, 2.75) is 4.90 Å². The molecule has 4 aromatic rings. The van der Waals surface area contributed by atoms with Gasteiger partial charge < -0.3 is 0 Å². The lowest BCUT2D eigenvalue weighted by Gasteiger charge is -2.15. The summed E-state index contributed by atoms with van der Waals surface area (Å²) in [5.74, 6) is 0.357. The van der Waals surface area contributed by atoms with Crippen LogP contribution in [-0.4, -0.2) is 18.0 Å². The predicted octanol–water partition coefficient (Wildman–Crippen LogP) is 4.01. The highest BCUT2D eigenvalue weighted by Gasteiger charge is 2.17. The van der Waals surface area contributed by atoms with Gasteiger partial charge >= 0.3 is 0 Å². The smallest absolute Gasteiger partial charge is 0.266 e. The number of fused-ring (bicyclic) bond motifs is 1. The second-order valence-electron chi connectivity index (χ2n) is 6.26. The Kier molecular flexibility index (Phi) is 4.92. The summed E-state index contributed by atoms with van der Waals surface area (Å²) < 4.78 is 24.5. The van der Waals surface area contributed by atoms with Crippen molar-refractivity contribution in [2.75, 3.05) is 0 Å². The quantitative estimate of drug-likeness (QED) is 0.515. The first kappa shape index (κ1) is 19.6. The first-order valence-corrected chi connectivity index (χ1v) is 10.7. The zero-order valence-corrected chi connectivity index (χ0v) is 17.0. The average molecular weight is 446 g/mol. The number of benzene rings is 3. The predicted molar refractivity (Wildman–Crippen MR) is 114 cm³/mol. The molecule has 9 heteroatoms. The van der Waals surface area contributed by atoms with E-state index in [4.69, 9.17) is 28.3 Å². The van der Waals surface area contributed by atoms with Crippen LogP contribution in [-0.2, 0) is 10.0 Å². The number of aromatic nitrogens is 2. The molecule has 4 rings (SSSR count). The van der Waals surface area contributed by atoms with E-state index in [1.54, 1.807) is 0 Å². The summed E-state index contributed by atoms with van der Waals surface area (Å²) in [4.78, 5) is 17.9. The fourth-order valence-corrected chi connectivity index (χ4v) is 4.07. The van der Waals surface area contributed by atoms with Crippen LogP contribution in [0.5, 0.6) is 0 Å². The van der Waals surface area contributed by atoms with Crippen molar-refractivity contribution in [3.63, 3.8) is 0 Å². The van der Waals surface area contributed by atoms with E-state index < -0.39 is 10.0 Å². The van der Waals surface area contributed by atoms with E-state index in [-0.39, 0.29) is 20.9 Å². The second kappa shape index (κ2) is 7.27. The van der Waals surface area contributed by atoms with Crippen LogP contribution in [0.3, 0.4) is 0 Å². The summed E-state index contributed by atoms with van der Waals surface area (Å²) in [6.07, 6.45) is 0. The highest BCUT2D eigenvalue weighted by Crippen LogP contribution is 2.28. The SMILES string of the molecule is NS(=O)(=O)c1ccc(-n2c(-c3ccccc3)nc3c(Cl)cc(Cl)cc3c2=O)cc1. The third-order valence-corrected chi connectivity index (χ3v) is 5.78. The highest BCUT2D eigenvalue weighted by molar-refractivity contribution is 7.89. The molecule has 0 aliphatic heterocycles. The number of rotatable bonds is 3. The zero-order valence-electron chi connectivity index (χ0n) is 14.7. The van der Waals surface area contributed by atoms with E-state index in [1.807, 2.05) is 30.3 Å². The lowest BCUT2D eigenvalue weighted by molar-refractivity contribution is 0.598. The van der Waals surface area contributed by atoms with Crippen molar-refractivity contribution >= 4 is 44.1 Å². The average Bonchev–Trinajstić information content (AvgIpc) is 2.68. The van der Waals surface area contributed by atoms with Gasteiger partial charge in [-0.1, -0.05) is 53.5 Å². The molecule has 0 saturated heterocycles.